The van der Waals surface area contributed by atoms with Crippen molar-refractivity contribution < 1.29 is 9.72 Å². The van der Waals surface area contributed by atoms with Crippen molar-refractivity contribution in [3.05, 3.63) is 81.5 Å². The van der Waals surface area contributed by atoms with Crippen LogP contribution in [0, 0.1) is 16.0 Å². The zero-order valence-corrected chi connectivity index (χ0v) is 17.0. The Labute approximate surface area is 174 Å². The van der Waals surface area contributed by atoms with E-state index in [1.54, 1.807) is 25.1 Å². The number of H-pyrrole nitrogens is 1. The summed E-state index contributed by atoms with van der Waals surface area (Å²) >= 11 is 0. The fraction of sp³-hybridized carbons (Fsp3) is 0.227. The van der Waals surface area contributed by atoms with Crippen LogP contribution in [0.25, 0.3) is 11.3 Å². The molecule has 0 saturated heterocycles. The van der Waals surface area contributed by atoms with Crippen LogP contribution in [-0.2, 0) is 6.42 Å². The number of benzene rings is 2. The molecule has 8 heteroatoms. The Kier molecular flexibility index (Phi) is 6.36. The summed E-state index contributed by atoms with van der Waals surface area (Å²) in [5.41, 5.74) is 6.52. The summed E-state index contributed by atoms with van der Waals surface area (Å²) < 4.78 is 0. The predicted octanol–water partition coefficient (Wildman–Crippen LogP) is 4.34. The first-order chi connectivity index (χ1) is 14.3. The monoisotopic (exact) mass is 405 g/mol. The topological polar surface area (TPSA) is 113 Å². The third-order valence-corrected chi connectivity index (χ3v) is 4.52. The van der Waals surface area contributed by atoms with Crippen LogP contribution < -0.4 is 5.43 Å². The third kappa shape index (κ3) is 5.16. The van der Waals surface area contributed by atoms with Crippen molar-refractivity contribution in [2.75, 3.05) is 0 Å². The van der Waals surface area contributed by atoms with E-state index < -0.39 is 10.8 Å². The molecular formula is C22H23N5O3. The molecule has 30 heavy (non-hydrogen) atoms. The van der Waals surface area contributed by atoms with E-state index in [9.17, 15) is 14.9 Å². The fourth-order valence-electron chi connectivity index (χ4n) is 2.97. The van der Waals surface area contributed by atoms with Gasteiger partial charge in [0.1, 0.15) is 5.69 Å². The number of nitrogens with zero attached hydrogens (tertiary/aromatic N) is 3. The maximum Gasteiger partial charge on any atom is 0.289 e. The Morgan fingerprint density at radius 2 is 1.93 bits per heavy atom. The Bertz CT molecular complexity index is 1080. The number of nitrogens with one attached hydrogen (secondary N) is 2. The minimum Gasteiger partial charge on any atom is -0.272 e. The normalized spacial score (nSPS) is 11.5. The molecule has 0 saturated carbocycles. The Balaban J connectivity index is 1.68. The summed E-state index contributed by atoms with van der Waals surface area (Å²) in [5, 5.41) is 21.9. The highest BCUT2D eigenvalue weighted by molar-refractivity contribution is 6.01. The van der Waals surface area contributed by atoms with Crippen LogP contribution in [0.3, 0.4) is 0 Å². The van der Waals surface area contributed by atoms with E-state index in [0.717, 1.165) is 12.0 Å². The van der Waals surface area contributed by atoms with E-state index in [1.807, 2.05) is 12.1 Å². The van der Waals surface area contributed by atoms with Crippen molar-refractivity contribution in [1.29, 1.82) is 0 Å². The lowest BCUT2D eigenvalue weighted by molar-refractivity contribution is -0.384. The molecule has 0 aliphatic rings. The highest BCUT2D eigenvalue weighted by Gasteiger charge is 2.12. The number of aromatic nitrogens is 2. The standard InChI is InChI=1S/C22H23N5O3/c1-14(2)11-16-7-9-17(10-8-16)20-13-21(25-24-20)22(28)26-23-15(3)18-5-4-6-19(12-18)27(29)30/h4-10,12-14H,11H2,1-3H3,(H,24,25)(H,26,28)/b23-15-. The van der Waals surface area contributed by atoms with Crippen LogP contribution in [0.1, 0.15) is 42.4 Å². The molecule has 2 aromatic carbocycles. The van der Waals surface area contributed by atoms with Gasteiger partial charge in [-0.1, -0.05) is 50.2 Å². The molecule has 0 fully saturated rings. The SMILES string of the molecule is C/C(=N/NC(=O)c1cc(-c2ccc(CC(C)C)cc2)n[nH]1)c1cccc([N+](=O)[O-])c1. The van der Waals surface area contributed by atoms with Crippen molar-refractivity contribution in [1.82, 2.24) is 15.6 Å². The first kappa shape index (κ1) is 20.9. The molecule has 1 amide bonds. The van der Waals surface area contributed by atoms with Crippen molar-refractivity contribution in [2.24, 2.45) is 11.0 Å². The van der Waals surface area contributed by atoms with Gasteiger partial charge in [0, 0.05) is 23.3 Å². The largest absolute Gasteiger partial charge is 0.289 e. The molecule has 154 valence electrons. The van der Waals surface area contributed by atoms with Crippen LogP contribution in [-0.4, -0.2) is 26.7 Å². The van der Waals surface area contributed by atoms with Crippen molar-refractivity contribution in [3.63, 3.8) is 0 Å². The van der Waals surface area contributed by atoms with Crippen LogP contribution in [0.4, 0.5) is 5.69 Å². The third-order valence-electron chi connectivity index (χ3n) is 4.52. The molecule has 1 aromatic heterocycles. The molecule has 0 aliphatic carbocycles. The Hall–Kier alpha value is -3.81. The molecule has 1 heterocycles. The van der Waals surface area contributed by atoms with Crippen molar-refractivity contribution in [2.45, 2.75) is 27.2 Å². The molecule has 8 nitrogen and oxygen atoms in total. The number of hydrogen-bond donors (Lipinski definition) is 2. The Morgan fingerprint density at radius 1 is 1.20 bits per heavy atom. The second-order valence-electron chi connectivity index (χ2n) is 7.41. The van der Waals surface area contributed by atoms with Gasteiger partial charge >= 0.3 is 0 Å². The molecule has 0 spiro atoms. The average Bonchev–Trinajstić information content (AvgIpc) is 3.22. The lowest BCUT2D eigenvalue weighted by Gasteiger charge is -2.05. The zero-order chi connectivity index (χ0) is 21.7. The first-order valence-electron chi connectivity index (χ1n) is 9.57. The van der Waals surface area contributed by atoms with Crippen LogP contribution in [0.15, 0.2) is 59.7 Å². The molecule has 2 N–H and O–H groups in total. The van der Waals surface area contributed by atoms with Gasteiger partial charge in [-0.2, -0.15) is 10.2 Å². The number of carbonyl (C=O) groups excluding carboxylic acids is 1. The summed E-state index contributed by atoms with van der Waals surface area (Å²) in [6.07, 6.45) is 1.01. The summed E-state index contributed by atoms with van der Waals surface area (Å²) in [4.78, 5) is 22.8. The summed E-state index contributed by atoms with van der Waals surface area (Å²) in [5.74, 6) is 0.137. The molecule has 0 bridgehead atoms. The highest BCUT2D eigenvalue weighted by atomic mass is 16.6. The molecule has 3 aromatic rings. The summed E-state index contributed by atoms with van der Waals surface area (Å²) in [6.45, 7) is 6.02. The van der Waals surface area contributed by atoms with E-state index >= 15 is 0 Å². The minimum atomic E-state index is -0.475. The zero-order valence-electron chi connectivity index (χ0n) is 17.0. The smallest absolute Gasteiger partial charge is 0.272 e. The predicted molar refractivity (Wildman–Crippen MR) is 115 cm³/mol. The molecule has 0 atom stereocenters. The lowest BCUT2D eigenvalue weighted by Crippen LogP contribution is -2.19. The summed E-state index contributed by atoms with van der Waals surface area (Å²) in [7, 11) is 0. The first-order valence-corrected chi connectivity index (χ1v) is 9.57. The molecular weight excluding hydrogens is 382 g/mol. The maximum atomic E-state index is 12.4. The number of aromatic amines is 1. The summed E-state index contributed by atoms with van der Waals surface area (Å²) in [6, 6.07) is 15.8. The number of amides is 1. The number of hydrogen-bond acceptors (Lipinski definition) is 5. The maximum absolute atomic E-state index is 12.4. The van der Waals surface area contributed by atoms with Gasteiger partial charge in [0.15, 0.2) is 0 Å². The molecule has 0 radical (unpaired) electrons. The van der Waals surface area contributed by atoms with E-state index in [0.29, 0.717) is 22.9 Å². The van der Waals surface area contributed by atoms with Crippen molar-refractivity contribution >= 4 is 17.3 Å². The van der Waals surface area contributed by atoms with Crippen LogP contribution in [0.2, 0.25) is 0 Å². The quantitative estimate of drug-likeness (QED) is 0.346. The number of nitro groups is 1. The van der Waals surface area contributed by atoms with Gasteiger partial charge in [0.25, 0.3) is 11.6 Å². The van der Waals surface area contributed by atoms with E-state index in [-0.39, 0.29) is 11.4 Å². The van der Waals surface area contributed by atoms with Crippen LogP contribution >= 0.6 is 0 Å². The second kappa shape index (κ2) is 9.13. The van der Waals surface area contributed by atoms with Gasteiger partial charge in [0.05, 0.1) is 16.3 Å². The number of hydrazone groups is 1. The second-order valence-corrected chi connectivity index (χ2v) is 7.41. The average molecular weight is 405 g/mol. The van der Waals surface area contributed by atoms with Gasteiger partial charge in [-0.3, -0.25) is 20.0 Å². The molecule has 0 aliphatic heterocycles. The molecule has 0 unspecified atom stereocenters. The number of carbonyl (C=O) groups is 1. The van der Waals surface area contributed by atoms with Gasteiger partial charge in [-0.05, 0) is 30.9 Å². The van der Waals surface area contributed by atoms with E-state index in [1.165, 1.54) is 17.7 Å². The minimum absolute atomic E-state index is 0.0361. The van der Waals surface area contributed by atoms with E-state index in [2.05, 4.69) is 46.7 Å². The van der Waals surface area contributed by atoms with Crippen molar-refractivity contribution in [3.8, 4) is 11.3 Å². The lowest BCUT2D eigenvalue weighted by atomic mass is 10.0. The van der Waals surface area contributed by atoms with Gasteiger partial charge in [0.2, 0.25) is 0 Å². The van der Waals surface area contributed by atoms with Gasteiger partial charge < -0.3 is 0 Å². The van der Waals surface area contributed by atoms with Gasteiger partial charge in [-0.15, -0.1) is 0 Å². The van der Waals surface area contributed by atoms with E-state index in [4.69, 9.17) is 0 Å². The number of nitro benzene ring substituents is 1. The van der Waals surface area contributed by atoms with Crippen LogP contribution in [0.5, 0.6) is 0 Å². The Morgan fingerprint density at radius 3 is 2.60 bits per heavy atom. The fourth-order valence-corrected chi connectivity index (χ4v) is 2.97. The molecule has 3 rings (SSSR count). The van der Waals surface area contributed by atoms with Gasteiger partial charge in [-0.25, -0.2) is 5.43 Å². The highest BCUT2D eigenvalue weighted by Crippen LogP contribution is 2.20. The number of rotatable bonds is 7. The number of non-ortho nitro benzene ring substituents is 1.